The molecule has 0 aliphatic carbocycles. The van der Waals surface area contributed by atoms with Crippen LogP contribution in [0, 0.1) is 13.5 Å². The first-order valence-electron chi connectivity index (χ1n) is 9.94. The number of carbonyl (C=O) groups is 1. The molecular weight excluding hydrogens is 459 g/mol. The first-order valence-corrected chi connectivity index (χ1v) is 10.7. The molecule has 2 N–H and O–H groups in total. The van der Waals surface area contributed by atoms with Crippen molar-refractivity contribution < 1.29 is 9.90 Å². The number of aryl methyl sites for hydroxylation is 1. The Kier molecular flexibility index (Phi) is 6.47. The Balaban J connectivity index is 1.61. The molecule has 8 heteroatoms. The number of carbonyl (C=O) groups excluding carboxylic acids is 1. The molecule has 4 rings (SSSR count). The van der Waals surface area contributed by atoms with Gasteiger partial charge in [-0.05, 0) is 55.0 Å². The summed E-state index contributed by atoms with van der Waals surface area (Å²) in [6, 6.07) is 20.3. The summed E-state index contributed by atoms with van der Waals surface area (Å²) in [7, 11) is 0. The molecule has 4 aromatic rings. The average Bonchev–Trinajstić information content (AvgIpc) is 3.21. The number of amides is 1. The Morgan fingerprint density at radius 3 is 2.64 bits per heavy atom. The smallest absolute Gasteiger partial charge is 0.274 e. The summed E-state index contributed by atoms with van der Waals surface area (Å²) in [6.07, 6.45) is -0.990. The molecule has 1 heterocycles. The van der Waals surface area contributed by atoms with Crippen LogP contribution < -0.4 is 5.32 Å². The van der Waals surface area contributed by atoms with Crippen molar-refractivity contribution in [2.75, 3.05) is 5.32 Å². The predicted molar refractivity (Wildman–Crippen MR) is 129 cm³/mol. The van der Waals surface area contributed by atoms with E-state index in [1.807, 2.05) is 0 Å². The first kappa shape index (κ1) is 22.6. The van der Waals surface area contributed by atoms with Gasteiger partial charge in [0.15, 0.2) is 5.69 Å². The van der Waals surface area contributed by atoms with E-state index in [1.54, 1.807) is 79.7 Å². The summed E-state index contributed by atoms with van der Waals surface area (Å²) < 4.78 is 1.51. The number of aliphatic hydroxyl groups excluding tert-OH is 1. The monoisotopic (exact) mass is 476 g/mol. The van der Waals surface area contributed by atoms with Crippen molar-refractivity contribution in [1.29, 1.82) is 0 Å². The number of halogens is 2. The molecule has 3 aromatic carbocycles. The molecule has 0 aliphatic rings. The van der Waals surface area contributed by atoms with Crippen molar-refractivity contribution >= 4 is 40.5 Å². The van der Waals surface area contributed by atoms with E-state index in [-0.39, 0.29) is 5.91 Å². The zero-order valence-corrected chi connectivity index (χ0v) is 19.0. The zero-order chi connectivity index (χ0) is 23.5. The van der Waals surface area contributed by atoms with Gasteiger partial charge in [-0.1, -0.05) is 53.5 Å². The van der Waals surface area contributed by atoms with E-state index in [9.17, 15) is 9.90 Å². The van der Waals surface area contributed by atoms with Crippen LogP contribution >= 0.6 is 23.2 Å². The fraction of sp³-hybridized carbons (Fsp3) is 0.0800. The minimum Gasteiger partial charge on any atom is -0.384 e. The second kappa shape index (κ2) is 9.47. The molecule has 0 bridgehead atoms. The Morgan fingerprint density at radius 2 is 1.88 bits per heavy atom. The quantitative estimate of drug-likeness (QED) is 0.328. The summed E-state index contributed by atoms with van der Waals surface area (Å²) in [5.41, 5.74) is 3.63. The maximum absolute atomic E-state index is 13.1. The molecule has 1 aromatic heterocycles. The fourth-order valence-corrected chi connectivity index (χ4v) is 3.95. The van der Waals surface area contributed by atoms with Crippen LogP contribution in [0.1, 0.15) is 33.4 Å². The largest absolute Gasteiger partial charge is 0.384 e. The molecule has 0 saturated heterocycles. The van der Waals surface area contributed by atoms with E-state index in [1.165, 1.54) is 4.68 Å². The lowest BCUT2D eigenvalue weighted by Crippen LogP contribution is -2.17. The highest BCUT2D eigenvalue weighted by Crippen LogP contribution is 2.31. The van der Waals surface area contributed by atoms with Crippen molar-refractivity contribution in [3.8, 4) is 5.69 Å². The highest BCUT2D eigenvalue weighted by atomic mass is 35.5. The number of hydrogen-bond acceptors (Lipinski definition) is 3. The van der Waals surface area contributed by atoms with E-state index in [2.05, 4.69) is 15.3 Å². The van der Waals surface area contributed by atoms with Crippen LogP contribution in [0.2, 0.25) is 10.0 Å². The maximum atomic E-state index is 13.1. The van der Waals surface area contributed by atoms with E-state index in [0.717, 1.165) is 0 Å². The van der Waals surface area contributed by atoms with Crippen LogP contribution in [0.25, 0.3) is 10.5 Å². The van der Waals surface area contributed by atoms with Crippen LogP contribution in [0.3, 0.4) is 0 Å². The minimum atomic E-state index is -0.990. The third kappa shape index (κ3) is 4.91. The van der Waals surface area contributed by atoms with Gasteiger partial charge < -0.3 is 10.4 Å². The molecule has 1 unspecified atom stereocenters. The minimum absolute atomic E-state index is 0.321. The second-order valence-corrected chi connectivity index (χ2v) is 8.21. The molecule has 0 aliphatic heterocycles. The van der Waals surface area contributed by atoms with Gasteiger partial charge in [-0.3, -0.25) is 4.79 Å². The van der Waals surface area contributed by atoms with Crippen LogP contribution in [0.4, 0.5) is 11.4 Å². The molecule has 1 atom stereocenters. The third-order valence-electron chi connectivity index (χ3n) is 4.98. The van der Waals surface area contributed by atoms with Crippen molar-refractivity contribution in [2.45, 2.75) is 13.0 Å². The van der Waals surface area contributed by atoms with Crippen molar-refractivity contribution in [2.24, 2.45) is 0 Å². The summed E-state index contributed by atoms with van der Waals surface area (Å²) >= 11 is 12.2. The molecule has 0 spiro atoms. The number of nitrogens with one attached hydrogen (secondary N) is 1. The van der Waals surface area contributed by atoms with Crippen LogP contribution in [0.15, 0.2) is 72.8 Å². The molecule has 0 fully saturated rings. The van der Waals surface area contributed by atoms with Gasteiger partial charge in [-0.25, -0.2) is 9.53 Å². The van der Waals surface area contributed by atoms with Crippen LogP contribution in [-0.2, 0) is 0 Å². The molecule has 0 radical (unpaired) electrons. The van der Waals surface area contributed by atoms with E-state index in [0.29, 0.717) is 49.6 Å². The van der Waals surface area contributed by atoms with Crippen LogP contribution in [0.5, 0.6) is 0 Å². The summed E-state index contributed by atoms with van der Waals surface area (Å²) in [5, 5.41) is 18.9. The van der Waals surface area contributed by atoms with Crippen LogP contribution in [-0.4, -0.2) is 20.8 Å². The maximum Gasteiger partial charge on any atom is 0.274 e. The Hall–Kier alpha value is -3.63. The number of hydrogen-bond donors (Lipinski definition) is 2. The number of benzene rings is 3. The van der Waals surface area contributed by atoms with E-state index in [4.69, 9.17) is 29.8 Å². The topological polar surface area (TPSA) is 71.5 Å². The van der Waals surface area contributed by atoms with Crippen molar-refractivity contribution in [1.82, 2.24) is 9.78 Å². The lowest BCUT2D eigenvalue weighted by Gasteiger charge is -2.15. The fourth-order valence-electron chi connectivity index (χ4n) is 3.44. The highest BCUT2D eigenvalue weighted by Gasteiger charge is 2.18. The highest BCUT2D eigenvalue weighted by molar-refractivity contribution is 6.35. The Labute approximate surface area is 200 Å². The van der Waals surface area contributed by atoms with Gasteiger partial charge in [-0.15, -0.1) is 0 Å². The van der Waals surface area contributed by atoms with Gasteiger partial charge >= 0.3 is 0 Å². The number of aromatic nitrogens is 2. The summed E-state index contributed by atoms with van der Waals surface area (Å²) in [5.74, 6) is -0.375. The Morgan fingerprint density at radius 1 is 1.09 bits per heavy atom. The first-order chi connectivity index (χ1) is 15.9. The number of rotatable bonds is 5. The number of anilines is 1. The van der Waals surface area contributed by atoms with E-state index >= 15 is 0 Å². The molecule has 33 heavy (non-hydrogen) atoms. The summed E-state index contributed by atoms with van der Waals surface area (Å²) in [4.78, 5) is 16.5. The average molecular weight is 477 g/mol. The molecule has 6 nitrogen and oxygen atoms in total. The molecule has 164 valence electrons. The molecule has 1 amide bonds. The molecular formula is C25H18Cl2N4O2. The SMILES string of the molecule is [C-]#[N+]c1cccc(-n2nc(C)cc2C(=O)Nc2cccc(C(O)c3ccc(Cl)cc3Cl)c2)c1. The van der Waals surface area contributed by atoms with Gasteiger partial charge in [0, 0.05) is 21.3 Å². The number of aliphatic hydroxyl groups is 1. The van der Waals surface area contributed by atoms with Gasteiger partial charge in [-0.2, -0.15) is 5.10 Å². The van der Waals surface area contributed by atoms with Gasteiger partial charge in [0.1, 0.15) is 11.8 Å². The Bertz CT molecular complexity index is 1390. The second-order valence-electron chi connectivity index (χ2n) is 7.36. The van der Waals surface area contributed by atoms with Gasteiger partial charge in [0.05, 0.1) is 18.0 Å². The lowest BCUT2D eigenvalue weighted by molar-refractivity contribution is 0.101. The van der Waals surface area contributed by atoms with Gasteiger partial charge in [0.25, 0.3) is 5.91 Å². The zero-order valence-electron chi connectivity index (χ0n) is 17.5. The third-order valence-corrected chi connectivity index (χ3v) is 5.55. The van der Waals surface area contributed by atoms with Crippen molar-refractivity contribution in [3.63, 3.8) is 0 Å². The molecule has 0 saturated carbocycles. The van der Waals surface area contributed by atoms with Crippen molar-refractivity contribution in [3.05, 3.63) is 117 Å². The summed E-state index contributed by atoms with van der Waals surface area (Å²) in [6.45, 7) is 9.01. The standard InChI is InChI=1S/C25H18Cl2N4O2/c1-15-11-23(31(30-15)20-8-4-6-18(14-20)28-2)25(33)29-19-7-3-5-16(12-19)24(32)21-10-9-17(26)13-22(21)27/h3-14,24,32H,1H3,(H,29,33). The number of nitrogens with zero attached hydrogens (tertiary/aromatic N) is 3. The lowest BCUT2D eigenvalue weighted by atomic mass is 10.0. The van der Waals surface area contributed by atoms with E-state index < -0.39 is 6.10 Å². The van der Waals surface area contributed by atoms with Gasteiger partial charge in [0.2, 0.25) is 0 Å². The predicted octanol–water partition coefficient (Wildman–Crippen LogP) is 6.37. The normalized spacial score (nSPS) is 11.6.